The maximum atomic E-state index is 11.6. The smallest absolute Gasteiger partial charge is 0.339 e. The SMILES string of the molecule is C[N+](C)(C)C(Cl)COC(=O)C1=CN([O-])CC=C1. The summed E-state index contributed by atoms with van der Waals surface area (Å²) >= 11 is 6.05. The van der Waals surface area contributed by atoms with E-state index in [1.165, 1.54) is 6.20 Å². The first kappa shape index (κ1) is 14.0. The zero-order chi connectivity index (χ0) is 13.1. The van der Waals surface area contributed by atoms with E-state index in [0.29, 0.717) is 9.55 Å². The summed E-state index contributed by atoms with van der Waals surface area (Å²) in [6, 6.07) is 0. The Morgan fingerprint density at radius 1 is 1.65 bits per heavy atom. The first-order valence-electron chi connectivity index (χ1n) is 5.25. The van der Waals surface area contributed by atoms with Gasteiger partial charge in [-0.15, -0.1) is 0 Å². The predicted octanol–water partition coefficient (Wildman–Crippen LogP) is 1.05. The summed E-state index contributed by atoms with van der Waals surface area (Å²) in [5.41, 5.74) is -0.0769. The third kappa shape index (κ3) is 4.38. The van der Waals surface area contributed by atoms with Gasteiger partial charge < -0.3 is 19.5 Å². The van der Waals surface area contributed by atoms with E-state index < -0.39 is 5.97 Å². The van der Waals surface area contributed by atoms with Crippen LogP contribution in [0.1, 0.15) is 0 Å². The average molecular weight is 261 g/mol. The van der Waals surface area contributed by atoms with Gasteiger partial charge in [0.15, 0.2) is 12.1 Å². The van der Waals surface area contributed by atoms with E-state index in [4.69, 9.17) is 16.3 Å². The summed E-state index contributed by atoms with van der Waals surface area (Å²) in [6.07, 6.45) is 4.41. The van der Waals surface area contributed by atoms with Crippen LogP contribution in [0.25, 0.3) is 0 Å². The van der Waals surface area contributed by atoms with Gasteiger partial charge in [-0.25, -0.2) is 4.79 Å². The van der Waals surface area contributed by atoms with Gasteiger partial charge in [0, 0.05) is 12.7 Å². The second-order valence-corrected chi connectivity index (χ2v) is 5.24. The number of quaternary nitrogens is 1. The Morgan fingerprint density at radius 2 is 2.29 bits per heavy atom. The Morgan fingerprint density at radius 3 is 2.82 bits per heavy atom. The maximum absolute atomic E-state index is 11.6. The zero-order valence-corrected chi connectivity index (χ0v) is 11.0. The van der Waals surface area contributed by atoms with Crippen LogP contribution in [0.5, 0.6) is 0 Å². The van der Waals surface area contributed by atoms with E-state index in [-0.39, 0.29) is 24.2 Å². The van der Waals surface area contributed by atoms with E-state index in [1.54, 1.807) is 12.2 Å². The molecule has 0 aromatic heterocycles. The number of esters is 1. The van der Waals surface area contributed by atoms with Gasteiger partial charge in [0.25, 0.3) is 0 Å². The molecule has 0 aliphatic carbocycles. The highest BCUT2D eigenvalue weighted by Gasteiger charge is 2.23. The van der Waals surface area contributed by atoms with E-state index in [9.17, 15) is 10.0 Å². The van der Waals surface area contributed by atoms with Crippen molar-refractivity contribution in [2.24, 2.45) is 0 Å². The van der Waals surface area contributed by atoms with E-state index >= 15 is 0 Å². The Labute approximate surface area is 106 Å². The minimum absolute atomic E-state index is 0.105. The number of carbonyl (C=O) groups excluding carboxylic acids is 1. The zero-order valence-electron chi connectivity index (χ0n) is 10.2. The number of hydrogen-bond donors (Lipinski definition) is 0. The van der Waals surface area contributed by atoms with E-state index in [0.717, 1.165) is 0 Å². The minimum atomic E-state index is -0.527. The second-order valence-electron chi connectivity index (χ2n) is 4.74. The number of ether oxygens (including phenoxy) is 1. The van der Waals surface area contributed by atoms with E-state index in [2.05, 4.69) is 0 Å². The summed E-state index contributed by atoms with van der Waals surface area (Å²) in [5, 5.41) is 11.7. The van der Waals surface area contributed by atoms with Crippen molar-refractivity contribution in [3.63, 3.8) is 0 Å². The van der Waals surface area contributed by atoms with Crippen molar-refractivity contribution in [3.05, 3.63) is 29.1 Å². The molecule has 0 aromatic rings. The van der Waals surface area contributed by atoms with Gasteiger partial charge in [-0.05, 0) is 6.08 Å². The first-order chi connectivity index (χ1) is 7.80. The summed E-state index contributed by atoms with van der Waals surface area (Å²) in [5.74, 6) is -0.527. The van der Waals surface area contributed by atoms with E-state index in [1.807, 2.05) is 21.1 Å². The number of halogens is 1. The number of hydrogen-bond acceptors (Lipinski definition) is 4. The Kier molecular flexibility index (Phi) is 4.56. The van der Waals surface area contributed by atoms with Crippen molar-refractivity contribution in [3.8, 4) is 0 Å². The largest absolute Gasteiger partial charge is 0.758 e. The molecule has 0 saturated carbocycles. The molecule has 1 rings (SSSR count). The summed E-state index contributed by atoms with van der Waals surface area (Å²) < 4.78 is 5.53. The van der Waals surface area contributed by atoms with Crippen molar-refractivity contribution < 1.29 is 14.0 Å². The van der Waals surface area contributed by atoms with Crippen LogP contribution in [0.3, 0.4) is 0 Å². The molecule has 0 spiro atoms. The number of hydroxylamine groups is 2. The fourth-order valence-corrected chi connectivity index (χ4v) is 1.17. The molecule has 0 saturated heterocycles. The predicted molar refractivity (Wildman–Crippen MR) is 65.9 cm³/mol. The highest BCUT2D eigenvalue weighted by molar-refractivity contribution is 6.19. The molecule has 1 unspecified atom stereocenters. The molecule has 0 aromatic carbocycles. The van der Waals surface area contributed by atoms with Crippen molar-refractivity contribution in [2.45, 2.75) is 5.50 Å². The van der Waals surface area contributed by atoms with Crippen molar-refractivity contribution in [2.75, 3.05) is 34.3 Å². The highest BCUT2D eigenvalue weighted by atomic mass is 35.5. The number of likely N-dealkylation sites (N-methyl/N-ethyl adjacent to an activating group) is 1. The molecular weight excluding hydrogens is 244 g/mol. The third-order valence-corrected chi connectivity index (χ3v) is 3.01. The quantitative estimate of drug-likeness (QED) is 0.328. The van der Waals surface area contributed by atoms with Crippen LogP contribution in [0.15, 0.2) is 23.9 Å². The second kappa shape index (κ2) is 5.53. The molecule has 1 aliphatic rings. The van der Waals surface area contributed by atoms with Crippen LogP contribution < -0.4 is 0 Å². The molecule has 1 heterocycles. The Bertz CT molecular complexity index is 347. The maximum Gasteiger partial charge on any atom is 0.339 e. The number of nitrogens with zero attached hydrogens (tertiary/aromatic N) is 2. The lowest BCUT2D eigenvalue weighted by atomic mass is 10.2. The highest BCUT2D eigenvalue weighted by Crippen LogP contribution is 2.12. The van der Waals surface area contributed by atoms with Crippen LogP contribution in [-0.2, 0) is 9.53 Å². The summed E-state index contributed by atoms with van der Waals surface area (Å²) in [7, 11) is 5.72. The van der Waals surface area contributed by atoms with Crippen LogP contribution in [0.2, 0.25) is 0 Å². The molecule has 1 atom stereocenters. The Balaban J connectivity index is 2.48. The fraction of sp³-hybridized carbons (Fsp3) is 0.545. The summed E-state index contributed by atoms with van der Waals surface area (Å²) in [6.45, 7) is 0.363. The van der Waals surface area contributed by atoms with Gasteiger partial charge >= 0.3 is 5.97 Å². The molecule has 1 aliphatic heterocycles. The van der Waals surface area contributed by atoms with Crippen LogP contribution >= 0.6 is 11.6 Å². The molecule has 6 heteroatoms. The van der Waals surface area contributed by atoms with Crippen LogP contribution in [0, 0.1) is 5.21 Å². The molecule has 0 amide bonds. The molecule has 5 nitrogen and oxygen atoms in total. The van der Waals surface area contributed by atoms with Crippen molar-refractivity contribution in [1.29, 1.82) is 0 Å². The molecule has 0 radical (unpaired) electrons. The number of carbonyl (C=O) groups is 1. The first-order valence-corrected chi connectivity index (χ1v) is 5.69. The van der Waals surface area contributed by atoms with Gasteiger partial charge in [0.05, 0.1) is 26.7 Å². The molecular formula is C11H17ClN2O3. The molecule has 96 valence electrons. The summed E-state index contributed by atoms with van der Waals surface area (Å²) in [4.78, 5) is 11.6. The van der Waals surface area contributed by atoms with Crippen molar-refractivity contribution >= 4 is 17.6 Å². The molecule has 0 fully saturated rings. The van der Waals surface area contributed by atoms with Gasteiger partial charge in [0.1, 0.15) is 0 Å². The number of alkyl halides is 1. The van der Waals surface area contributed by atoms with Gasteiger partial charge in [-0.2, -0.15) is 0 Å². The molecule has 0 bridgehead atoms. The standard InChI is InChI=1S/C11H17ClN2O3/c1-14(2,3)10(12)8-17-11(15)9-5-4-6-13(16)7-9/h4-5,7,10H,6,8H2,1-3H3. The van der Waals surface area contributed by atoms with Gasteiger partial charge in [-0.3, -0.25) is 0 Å². The Hall–Kier alpha value is -1.04. The topological polar surface area (TPSA) is 52.6 Å². The molecule has 0 N–H and O–H groups in total. The monoisotopic (exact) mass is 260 g/mol. The average Bonchev–Trinajstić information content (AvgIpc) is 2.24. The number of rotatable bonds is 4. The lowest BCUT2D eigenvalue weighted by molar-refractivity contribution is -0.882. The minimum Gasteiger partial charge on any atom is -0.758 e. The van der Waals surface area contributed by atoms with Crippen LogP contribution in [-0.4, -0.2) is 55.3 Å². The van der Waals surface area contributed by atoms with Gasteiger partial charge in [-0.1, -0.05) is 17.7 Å². The lowest BCUT2D eigenvalue weighted by Crippen LogP contribution is -2.44. The van der Waals surface area contributed by atoms with Crippen LogP contribution in [0.4, 0.5) is 0 Å². The fourth-order valence-electron chi connectivity index (χ4n) is 1.11. The molecule has 17 heavy (non-hydrogen) atoms. The van der Waals surface area contributed by atoms with Gasteiger partial charge in [0.2, 0.25) is 0 Å². The lowest BCUT2D eigenvalue weighted by Gasteiger charge is -2.30. The normalized spacial score (nSPS) is 17.7. The van der Waals surface area contributed by atoms with Crippen molar-refractivity contribution in [1.82, 2.24) is 5.06 Å². The third-order valence-electron chi connectivity index (χ3n) is 2.29.